The van der Waals surface area contributed by atoms with Crippen molar-refractivity contribution in [2.24, 2.45) is 0 Å². The summed E-state index contributed by atoms with van der Waals surface area (Å²) < 4.78 is 4.73. The van der Waals surface area contributed by atoms with Crippen molar-refractivity contribution in [1.29, 1.82) is 0 Å². The van der Waals surface area contributed by atoms with E-state index in [1.54, 1.807) is 0 Å². The Morgan fingerprint density at radius 3 is 2.78 bits per heavy atom. The number of nitrogens with one attached hydrogen (secondary N) is 2. The number of H-pyrrole nitrogens is 2. The third kappa shape index (κ3) is 3.54. The van der Waals surface area contributed by atoms with E-state index in [9.17, 15) is 19.5 Å². The molecule has 1 aromatic rings. The molecule has 1 atom stereocenters. The highest BCUT2D eigenvalue weighted by atomic mass is 16.5. The number of ether oxygens (including phenoxy) is 1. The number of hydrogen-bond donors (Lipinski definition) is 3. The molecule has 18 heavy (non-hydrogen) atoms. The van der Waals surface area contributed by atoms with Crippen LogP contribution in [0.25, 0.3) is 0 Å². The van der Waals surface area contributed by atoms with Gasteiger partial charge in [-0.2, -0.15) is 0 Å². The molecule has 0 saturated heterocycles. The quantitative estimate of drug-likeness (QED) is 0.572. The Bertz CT molecular complexity index is 521. The van der Waals surface area contributed by atoms with Crippen molar-refractivity contribution in [3.05, 3.63) is 32.6 Å². The summed E-state index contributed by atoms with van der Waals surface area (Å²) in [7, 11) is 2.86. The van der Waals surface area contributed by atoms with Crippen LogP contribution in [0.5, 0.6) is 0 Å². The van der Waals surface area contributed by atoms with Gasteiger partial charge in [0.25, 0.3) is 11.5 Å². The number of carbonyl (C=O) groups excluding carboxylic acids is 1. The van der Waals surface area contributed by atoms with Crippen LogP contribution in [0, 0.1) is 0 Å². The van der Waals surface area contributed by atoms with Crippen molar-refractivity contribution in [3.8, 4) is 0 Å². The normalized spacial score (nSPS) is 12.2. The second kappa shape index (κ2) is 6.12. The monoisotopic (exact) mass is 257 g/mol. The zero-order chi connectivity index (χ0) is 13.7. The minimum absolute atomic E-state index is 0.0191. The van der Waals surface area contributed by atoms with Crippen LogP contribution in [0.15, 0.2) is 15.8 Å². The van der Waals surface area contributed by atoms with E-state index < -0.39 is 23.3 Å². The van der Waals surface area contributed by atoms with E-state index in [1.165, 1.54) is 19.1 Å². The lowest BCUT2D eigenvalue weighted by Crippen LogP contribution is -2.39. The van der Waals surface area contributed by atoms with E-state index >= 15 is 0 Å². The van der Waals surface area contributed by atoms with Crippen LogP contribution < -0.4 is 11.2 Å². The largest absolute Gasteiger partial charge is 0.389 e. The Kier molecular flexibility index (Phi) is 4.81. The number of rotatable bonds is 5. The molecule has 0 radical (unpaired) electrons. The summed E-state index contributed by atoms with van der Waals surface area (Å²) in [6, 6.07) is 0. The minimum atomic E-state index is -0.842. The molecular formula is C10H15N3O5. The number of nitrogens with zero attached hydrogens (tertiary/aromatic N) is 1. The van der Waals surface area contributed by atoms with Crippen molar-refractivity contribution in [1.82, 2.24) is 14.9 Å². The maximum Gasteiger partial charge on any atom is 0.325 e. The number of carbonyl (C=O) groups is 1. The highest BCUT2D eigenvalue weighted by molar-refractivity contribution is 5.93. The highest BCUT2D eigenvalue weighted by Crippen LogP contribution is 1.97. The van der Waals surface area contributed by atoms with Gasteiger partial charge in [-0.05, 0) is 0 Å². The molecule has 8 nitrogen and oxygen atoms in total. The van der Waals surface area contributed by atoms with Crippen LogP contribution in [-0.2, 0) is 4.74 Å². The molecule has 1 unspecified atom stereocenters. The van der Waals surface area contributed by atoms with Gasteiger partial charge in [-0.1, -0.05) is 0 Å². The lowest BCUT2D eigenvalue weighted by molar-refractivity contribution is 0.0379. The van der Waals surface area contributed by atoms with Crippen LogP contribution in [0.1, 0.15) is 10.4 Å². The molecule has 0 saturated carbocycles. The molecule has 1 amide bonds. The van der Waals surface area contributed by atoms with Gasteiger partial charge in [0.2, 0.25) is 0 Å². The number of aromatic nitrogens is 2. The zero-order valence-corrected chi connectivity index (χ0v) is 10.1. The number of aliphatic hydroxyl groups excluding tert-OH is 1. The molecule has 0 aromatic carbocycles. The number of aliphatic hydroxyl groups is 1. The first kappa shape index (κ1) is 14.1. The molecule has 3 N–H and O–H groups in total. The number of amides is 1. The van der Waals surface area contributed by atoms with E-state index in [0.29, 0.717) is 0 Å². The molecule has 0 aliphatic heterocycles. The standard InChI is InChI=1S/C10H15N3O5/c1-13(4-6(14)5-18-2)9(16)7-3-11-10(17)12-8(7)15/h3,6,14H,4-5H2,1-2H3,(H2,11,12,15,17). The summed E-state index contributed by atoms with van der Waals surface area (Å²) in [6.07, 6.45) is 0.202. The van der Waals surface area contributed by atoms with E-state index in [-0.39, 0.29) is 18.7 Å². The number of hydrogen-bond acceptors (Lipinski definition) is 5. The van der Waals surface area contributed by atoms with Gasteiger partial charge in [-0.25, -0.2) is 4.79 Å². The molecule has 100 valence electrons. The smallest absolute Gasteiger partial charge is 0.325 e. The van der Waals surface area contributed by atoms with E-state index in [2.05, 4.69) is 4.98 Å². The molecule has 0 bridgehead atoms. The molecule has 0 aliphatic rings. The van der Waals surface area contributed by atoms with Crippen molar-refractivity contribution < 1.29 is 14.6 Å². The minimum Gasteiger partial charge on any atom is -0.389 e. The van der Waals surface area contributed by atoms with Crippen molar-refractivity contribution in [3.63, 3.8) is 0 Å². The lowest BCUT2D eigenvalue weighted by atomic mass is 10.2. The first-order chi connectivity index (χ1) is 8.45. The third-order valence-corrected chi connectivity index (χ3v) is 2.24. The molecular weight excluding hydrogens is 242 g/mol. The lowest BCUT2D eigenvalue weighted by Gasteiger charge is -2.19. The van der Waals surface area contributed by atoms with E-state index in [4.69, 9.17) is 4.74 Å². The van der Waals surface area contributed by atoms with Gasteiger partial charge in [0, 0.05) is 26.9 Å². The van der Waals surface area contributed by atoms with Crippen molar-refractivity contribution >= 4 is 5.91 Å². The van der Waals surface area contributed by atoms with Crippen LogP contribution in [0.4, 0.5) is 0 Å². The van der Waals surface area contributed by atoms with Gasteiger partial charge < -0.3 is 19.7 Å². The Morgan fingerprint density at radius 2 is 2.22 bits per heavy atom. The van der Waals surface area contributed by atoms with Crippen LogP contribution in [0.3, 0.4) is 0 Å². The summed E-state index contributed by atoms with van der Waals surface area (Å²) in [5.74, 6) is -0.595. The average Bonchev–Trinajstić information content (AvgIpc) is 2.28. The summed E-state index contributed by atoms with van der Waals surface area (Å²) in [5.41, 5.74) is -1.64. The third-order valence-electron chi connectivity index (χ3n) is 2.24. The van der Waals surface area contributed by atoms with Crippen LogP contribution >= 0.6 is 0 Å². The fraction of sp³-hybridized carbons (Fsp3) is 0.500. The van der Waals surface area contributed by atoms with E-state index in [1.807, 2.05) is 4.98 Å². The summed E-state index contributed by atoms with van der Waals surface area (Å²) in [6.45, 7) is 0.102. The van der Waals surface area contributed by atoms with Crippen LogP contribution in [-0.4, -0.2) is 59.3 Å². The van der Waals surface area contributed by atoms with Gasteiger partial charge >= 0.3 is 5.69 Å². The second-order valence-electron chi connectivity index (χ2n) is 3.78. The predicted molar refractivity (Wildman–Crippen MR) is 62.5 cm³/mol. The first-order valence-electron chi connectivity index (χ1n) is 5.20. The Balaban J connectivity index is 2.80. The van der Waals surface area contributed by atoms with Crippen molar-refractivity contribution in [2.45, 2.75) is 6.10 Å². The molecule has 0 aliphatic carbocycles. The fourth-order valence-corrected chi connectivity index (χ4v) is 1.42. The molecule has 0 fully saturated rings. The molecule has 8 heteroatoms. The summed E-state index contributed by atoms with van der Waals surface area (Å²) in [5, 5.41) is 9.47. The topological polar surface area (TPSA) is 115 Å². The maximum atomic E-state index is 11.8. The Morgan fingerprint density at radius 1 is 1.56 bits per heavy atom. The first-order valence-corrected chi connectivity index (χ1v) is 5.20. The predicted octanol–water partition coefficient (Wildman–Crippen LogP) is -1.86. The van der Waals surface area contributed by atoms with Crippen LogP contribution in [0.2, 0.25) is 0 Å². The van der Waals surface area contributed by atoms with Gasteiger partial charge in [-0.3, -0.25) is 14.6 Å². The summed E-state index contributed by atoms with van der Waals surface area (Å²) >= 11 is 0. The molecule has 1 aromatic heterocycles. The van der Waals surface area contributed by atoms with Gasteiger partial charge in [0.1, 0.15) is 5.56 Å². The van der Waals surface area contributed by atoms with E-state index in [0.717, 1.165) is 6.20 Å². The van der Waals surface area contributed by atoms with Gasteiger partial charge in [0.15, 0.2) is 0 Å². The second-order valence-corrected chi connectivity index (χ2v) is 3.78. The highest BCUT2D eigenvalue weighted by Gasteiger charge is 2.18. The Labute approximate surface area is 102 Å². The molecule has 1 heterocycles. The zero-order valence-electron chi connectivity index (χ0n) is 10.1. The van der Waals surface area contributed by atoms with Gasteiger partial charge in [0.05, 0.1) is 12.7 Å². The Hall–Kier alpha value is -1.93. The number of methoxy groups -OCH3 is 1. The fourth-order valence-electron chi connectivity index (χ4n) is 1.42. The average molecular weight is 257 g/mol. The molecule has 0 spiro atoms. The van der Waals surface area contributed by atoms with Crippen molar-refractivity contribution in [2.75, 3.05) is 27.3 Å². The molecule has 1 rings (SSSR count). The summed E-state index contributed by atoms with van der Waals surface area (Å²) in [4.78, 5) is 39.4. The number of aromatic amines is 2. The van der Waals surface area contributed by atoms with Gasteiger partial charge in [-0.15, -0.1) is 0 Å². The SMILES string of the molecule is COCC(O)CN(C)C(=O)c1c[nH]c(=O)[nH]c1=O. The number of likely N-dealkylation sites (N-methyl/N-ethyl adjacent to an activating group) is 1. The maximum absolute atomic E-state index is 11.8.